The number of pyridine rings is 1. The number of hydrogen-bond acceptors (Lipinski definition) is 3. The number of rotatable bonds is 2. The number of carbonyl (C=O) groups excluding carboxylic acids is 1. The Balaban J connectivity index is 1.80. The molecule has 2 aromatic heterocycles. The van der Waals surface area contributed by atoms with Crippen LogP contribution in [-0.2, 0) is 6.42 Å². The highest BCUT2D eigenvalue weighted by Crippen LogP contribution is 2.34. The third-order valence-electron chi connectivity index (χ3n) is 4.33. The molecule has 0 fully saturated rings. The van der Waals surface area contributed by atoms with Gasteiger partial charge in [0.05, 0.1) is 5.56 Å². The molecule has 3 aromatic rings. The number of fused-ring (bicyclic) bond motifs is 3. The Morgan fingerprint density at radius 2 is 2.14 bits per heavy atom. The maximum absolute atomic E-state index is 12.6. The lowest BCUT2D eigenvalue weighted by Gasteiger charge is -2.11. The Bertz CT molecular complexity index is 854. The summed E-state index contributed by atoms with van der Waals surface area (Å²) in [6.07, 6.45) is 3.81. The molecular weight excluding hydrogens is 276 g/mol. The summed E-state index contributed by atoms with van der Waals surface area (Å²) in [5.74, 6) is 0.316. The fourth-order valence-electron chi connectivity index (χ4n) is 3.15. The quantitative estimate of drug-likeness (QED) is 0.789. The third kappa shape index (κ3) is 1.97. The number of aryl methyl sites for hydroxylation is 1. The van der Waals surface area contributed by atoms with Crippen molar-refractivity contribution in [1.82, 2.24) is 14.6 Å². The topological polar surface area (TPSA) is 59.3 Å². The molecule has 110 valence electrons. The smallest absolute Gasteiger partial charge is 0.259 e. The minimum Gasteiger partial charge on any atom is -0.322 e. The number of hydrogen-bond donors (Lipinski definition) is 1. The molecule has 2 heterocycles. The van der Waals surface area contributed by atoms with E-state index in [1.165, 1.54) is 11.3 Å². The average molecular weight is 292 g/mol. The van der Waals surface area contributed by atoms with E-state index in [0.717, 1.165) is 18.5 Å². The van der Waals surface area contributed by atoms with Crippen molar-refractivity contribution in [1.29, 1.82) is 0 Å². The van der Waals surface area contributed by atoms with Gasteiger partial charge in [-0.3, -0.25) is 9.20 Å². The van der Waals surface area contributed by atoms with Crippen molar-refractivity contribution in [2.24, 2.45) is 0 Å². The first kappa shape index (κ1) is 13.0. The van der Waals surface area contributed by atoms with Crippen LogP contribution in [0.15, 0.2) is 42.7 Å². The average Bonchev–Trinajstić information content (AvgIpc) is 3.14. The molecule has 22 heavy (non-hydrogen) atoms. The molecule has 0 spiro atoms. The standard InChI is InChI=1S/C17H16N4O/c1-11-7-8-15-13(11)9-14(16-20-18-10-21(15)16)17(22)19-12-5-3-2-4-6-12/h2-6,9-11H,7-8H2,1H3,(H,19,22)/t11-/m0/s1. The fraction of sp³-hybridized carbons (Fsp3) is 0.235. The molecule has 1 aliphatic rings. The molecule has 1 amide bonds. The summed E-state index contributed by atoms with van der Waals surface area (Å²) in [7, 11) is 0. The minimum absolute atomic E-state index is 0.147. The Morgan fingerprint density at radius 1 is 1.32 bits per heavy atom. The lowest BCUT2D eigenvalue weighted by Crippen LogP contribution is -2.15. The molecule has 0 saturated carbocycles. The van der Waals surface area contributed by atoms with Gasteiger partial charge in [0.2, 0.25) is 0 Å². The van der Waals surface area contributed by atoms with Crippen LogP contribution in [0.2, 0.25) is 0 Å². The second-order valence-electron chi connectivity index (χ2n) is 5.74. The van der Waals surface area contributed by atoms with Gasteiger partial charge in [0, 0.05) is 11.4 Å². The monoisotopic (exact) mass is 292 g/mol. The molecule has 0 aliphatic heterocycles. The summed E-state index contributed by atoms with van der Waals surface area (Å²) < 4.78 is 1.96. The summed E-state index contributed by atoms with van der Waals surface area (Å²) >= 11 is 0. The van der Waals surface area contributed by atoms with Gasteiger partial charge in [-0.05, 0) is 42.5 Å². The zero-order valence-electron chi connectivity index (χ0n) is 12.3. The molecule has 5 nitrogen and oxygen atoms in total. The highest BCUT2D eigenvalue weighted by Gasteiger charge is 2.25. The first-order chi connectivity index (χ1) is 10.7. The van der Waals surface area contributed by atoms with E-state index in [1.807, 2.05) is 40.8 Å². The predicted molar refractivity (Wildman–Crippen MR) is 84.1 cm³/mol. The van der Waals surface area contributed by atoms with Crippen LogP contribution in [0, 0.1) is 0 Å². The van der Waals surface area contributed by atoms with Crippen molar-refractivity contribution in [2.45, 2.75) is 25.7 Å². The van der Waals surface area contributed by atoms with Crippen LogP contribution < -0.4 is 5.32 Å². The second kappa shape index (κ2) is 4.94. The summed E-state index contributed by atoms with van der Waals surface area (Å²) in [4.78, 5) is 12.6. The van der Waals surface area contributed by atoms with E-state index in [-0.39, 0.29) is 5.91 Å². The predicted octanol–water partition coefficient (Wildman–Crippen LogP) is 3.03. The van der Waals surface area contributed by atoms with Crippen LogP contribution in [-0.4, -0.2) is 20.5 Å². The summed E-state index contributed by atoms with van der Waals surface area (Å²) in [5.41, 5.74) is 4.43. The molecule has 1 atom stereocenters. The number of benzene rings is 1. The Labute approximate surface area is 128 Å². The van der Waals surface area contributed by atoms with E-state index in [2.05, 4.69) is 22.4 Å². The van der Waals surface area contributed by atoms with Gasteiger partial charge in [0.25, 0.3) is 5.91 Å². The minimum atomic E-state index is -0.147. The van der Waals surface area contributed by atoms with Crippen molar-refractivity contribution in [3.05, 3.63) is 59.5 Å². The first-order valence-electron chi connectivity index (χ1n) is 7.46. The van der Waals surface area contributed by atoms with E-state index in [0.29, 0.717) is 17.1 Å². The lowest BCUT2D eigenvalue weighted by atomic mass is 10.0. The number of nitrogens with zero attached hydrogens (tertiary/aromatic N) is 3. The lowest BCUT2D eigenvalue weighted by molar-refractivity contribution is 0.102. The van der Waals surface area contributed by atoms with Gasteiger partial charge < -0.3 is 5.32 Å². The second-order valence-corrected chi connectivity index (χ2v) is 5.74. The molecule has 0 unspecified atom stereocenters. The molecule has 1 N–H and O–H groups in total. The van der Waals surface area contributed by atoms with Crippen molar-refractivity contribution in [3.8, 4) is 0 Å². The SMILES string of the molecule is C[C@H]1CCc2c1cc(C(=O)Nc1ccccc1)c1nncn21. The van der Waals surface area contributed by atoms with Crippen LogP contribution in [0.3, 0.4) is 0 Å². The Kier molecular flexibility index (Phi) is 2.92. The number of para-hydroxylation sites is 1. The number of aromatic nitrogens is 3. The number of amides is 1. The van der Waals surface area contributed by atoms with Gasteiger partial charge in [0.15, 0.2) is 5.65 Å². The third-order valence-corrected chi connectivity index (χ3v) is 4.33. The van der Waals surface area contributed by atoms with E-state index in [9.17, 15) is 4.79 Å². The van der Waals surface area contributed by atoms with Crippen molar-refractivity contribution < 1.29 is 4.79 Å². The van der Waals surface area contributed by atoms with Gasteiger partial charge in [-0.25, -0.2) is 0 Å². The number of nitrogens with one attached hydrogen (secondary N) is 1. The van der Waals surface area contributed by atoms with Crippen molar-refractivity contribution >= 4 is 17.2 Å². The van der Waals surface area contributed by atoms with E-state index in [1.54, 1.807) is 6.33 Å². The maximum Gasteiger partial charge on any atom is 0.259 e. The zero-order chi connectivity index (χ0) is 15.1. The zero-order valence-corrected chi connectivity index (χ0v) is 12.3. The van der Waals surface area contributed by atoms with Crippen LogP contribution in [0.1, 0.15) is 40.9 Å². The summed E-state index contributed by atoms with van der Waals surface area (Å²) in [6, 6.07) is 11.4. The molecule has 4 rings (SSSR count). The van der Waals surface area contributed by atoms with Gasteiger partial charge in [0.1, 0.15) is 6.33 Å². The van der Waals surface area contributed by atoms with Crippen LogP contribution in [0.4, 0.5) is 5.69 Å². The molecule has 1 aromatic carbocycles. The molecule has 1 aliphatic carbocycles. The molecule has 5 heteroatoms. The van der Waals surface area contributed by atoms with Crippen molar-refractivity contribution in [3.63, 3.8) is 0 Å². The molecule has 0 radical (unpaired) electrons. The molecule has 0 bridgehead atoms. The van der Waals surface area contributed by atoms with E-state index < -0.39 is 0 Å². The van der Waals surface area contributed by atoms with Crippen LogP contribution in [0.5, 0.6) is 0 Å². The normalized spacial score (nSPS) is 16.7. The van der Waals surface area contributed by atoms with E-state index in [4.69, 9.17) is 0 Å². The van der Waals surface area contributed by atoms with Crippen molar-refractivity contribution in [2.75, 3.05) is 5.32 Å². The van der Waals surface area contributed by atoms with Crippen LogP contribution >= 0.6 is 0 Å². The highest BCUT2D eigenvalue weighted by atomic mass is 16.1. The Morgan fingerprint density at radius 3 is 2.95 bits per heavy atom. The van der Waals surface area contributed by atoms with Gasteiger partial charge in [-0.1, -0.05) is 25.1 Å². The largest absolute Gasteiger partial charge is 0.322 e. The van der Waals surface area contributed by atoms with Gasteiger partial charge in [-0.15, -0.1) is 10.2 Å². The summed E-state index contributed by atoms with van der Waals surface area (Å²) in [6.45, 7) is 2.20. The highest BCUT2D eigenvalue weighted by molar-refractivity contribution is 6.08. The molecular formula is C17H16N4O. The van der Waals surface area contributed by atoms with E-state index >= 15 is 0 Å². The first-order valence-corrected chi connectivity index (χ1v) is 7.46. The molecule has 0 saturated heterocycles. The van der Waals surface area contributed by atoms with Gasteiger partial charge >= 0.3 is 0 Å². The fourth-order valence-corrected chi connectivity index (χ4v) is 3.15. The number of carbonyl (C=O) groups is 1. The van der Waals surface area contributed by atoms with Crippen LogP contribution in [0.25, 0.3) is 5.65 Å². The Hall–Kier alpha value is -2.69. The van der Waals surface area contributed by atoms with Gasteiger partial charge in [-0.2, -0.15) is 0 Å². The summed E-state index contributed by atoms with van der Waals surface area (Å²) in [5, 5.41) is 11.0. The number of anilines is 1. The maximum atomic E-state index is 12.6.